The van der Waals surface area contributed by atoms with Gasteiger partial charge in [-0.05, 0) is 50.8 Å². The van der Waals surface area contributed by atoms with Crippen LogP contribution in [0.4, 0.5) is 0 Å². The molecular formula is C16H23NO3. The second kappa shape index (κ2) is 5.83. The third-order valence-corrected chi connectivity index (χ3v) is 3.19. The van der Waals surface area contributed by atoms with Crippen LogP contribution in [0.5, 0.6) is 5.75 Å². The van der Waals surface area contributed by atoms with Crippen molar-refractivity contribution in [3.05, 3.63) is 29.3 Å². The molecule has 4 heteroatoms. The minimum atomic E-state index is -0.442. The lowest BCUT2D eigenvalue weighted by Crippen LogP contribution is -2.30. The first kappa shape index (κ1) is 14.9. The van der Waals surface area contributed by atoms with Crippen LogP contribution in [-0.2, 0) is 22.4 Å². The van der Waals surface area contributed by atoms with E-state index in [9.17, 15) is 4.79 Å². The van der Waals surface area contributed by atoms with Crippen molar-refractivity contribution in [3.8, 4) is 5.75 Å². The Morgan fingerprint density at radius 2 is 2.20 bits per heavy atom. The quantitative estimate of drug-likeness (QED) is 0.861. The molecule has 1 aromatic carbocycles. The minimum absolute atomic E-state index is 0.110. The van der Waals surface area contributed by atoms with Crippen LogP contribution in [0.25, 0.3) is 0 Å². The third kappa shape index (κ3) is 3.97. The van der Waals surface area contributed by atoms with Gasteiger partial charge in [-0.15, -0.1) is 0 Å². The molecule has 4 nitrogen and oxygen atoms in total. The van der Waals surface area contributed by atoms with Crippen LogP contribution in [0.15, 0.2) is 18.2 Å². The van der Waals surface area contributed by atoms with Crippen LogP contribution in [0, 0.1) is 0 Å². The molecule has 1 aliphatic heterocycles. The number of carbonyl (C=O) groups is 1. The van der Waals surface area contributed by atoms with Crippen molar-refractivity contribution in [2.24, 2.45) is 5.73 Å². The van der Waals surface area contributed by atoms with Gasteiger partial charge in [0.05, 0.1) is 6.42 Å². The predicted molar refractivity (Wildman–Crippen MR) is 77.8 cm³/mol. The average molecular weight is 277 g/mol. The van der Waals surface area contributed by atoms with E-state index in [4.69, 9.17) is 15.2 Å². The van der Waals surface area contributed by atoms with Crippen molar-refractivity contribution < 1.29 is 14.3 Å². The van der Waals surface area contributed by atoms with Crippen molar-refractivity contribution in [1.29, 1.82) is 0 Å². The van der Waals surface area contributed by atoms with Crippen LogP contribution in [0.2, 0.25) is 0 Å². The predicted octanol–water partition coefficient (Wildman–Crippen LogP) is 2.22. The van der Waals surface area contributed by atoms with E-state index in [0.717, 1.165) is 29.7 Å². The van der Waals surface area contributed by atoms with Gasteiger partial charge in [-0.2, -0.15) is 0 Å². The highest BCUT2D eigenvalue weighted by atomic mass is 16.6. The second-order valence-electron chi connectivity index (χ2n) is 6.22. The van der Waals surface area contributed by atoms with E-state index in [-0.39, 0.29) is 12.1 Å². The van der Waals surface area contributed by atoms with Gasteiger partial charge in [-0.1, -0.05) is 12.1 Å². The number of carbonyl (C=O) groups excluding carboxylic acids is 1. The molecule has 0 aliphatic carbocycles. The van der Waals surface area contributed by atoms with Crippen LogP contribution < -0.4 is 10.5 Å². The van der Waals surface area contributed by atoms with E-state index < -0.39 is 5.60 Å². The fraction of sp³-hybridized carbons (Fsp3) is 0.562. The van der Waals surface area contributed by atoms with Crippen LogP contribution in [0.3, 0.4) is 0 Å². The van der Waals surface area contributed by atoms with Crippen molar-refractivity contribution in [2.45, 2.75) is 51.7 Å². The molecule has 0 unspecified atom stereocenters. The Hall–Kier alpha value is -1.55. The summed E-state index contributed by atoms with van der Waals surface area (Å²) in [6.45, 7) is 6.16. The first-order valence-electron chi connectivity index (χ1n) is 7.08. The molecule has 20 heavy (non-hydrogen) atoms. The van der Waals surface area contributed by atoms with Gasteiger partial charge in [-0.3, -0.25) is 4.79 Å². The molecular weight excluding hydrogens is 254 g/mol. The molecule has 2 N–H and O–H groups in total. The van der Waals surface area contributed by atoms with Crippen molar-refractivity contribution >= 4 is 5.97 Å². The molecule has 0 saturated heterocycles. The lowest BCUT2D eigenvalue weighted by atomic mass is 9.99. The maximum absolute atomic E-state index is 11.8. The van der Waals surface area contributed by atoms with Crippen LogP contribution in [-0.4, -0.2) is 24.2 Å². The molecule has 1 aromatic rings. The molecule has 0 aromatic heterocycles. The number of hydrogen-bond donors (Lipinski definition) is 1. The highest BCUT2D eigenvalue weighted by Crippen LogP contribution is 2.28. The van der Waals surface area contributed by atoms with E-state index in [2.05, 4.69) is 0 Å². The summed E-state index contributed by atoms with van der Waals surface area (Å²) >= 11 is 0. The zero-order valence-electron chi connectivity index (χ0n) is 12.4. The molecule has 0 saturated carbocycles. The summed E-state index contributed by atoms with van der Waals surface area (Å²) in [5.74, 6) is 0.689. The first-order valence-corrected chi connectivity index (χ1v) is 7.08. The zero-order chi connectivity index (χ0) is 14.8. The summed E-state index contributed by atoms with van der Waals surface area (Å²) in [5, 5.41) is 0. The largest absolute Gasteiger partial charge is 0.489 e. The third-order valence-electron chi connectivity index (χ3n) is 3.19. The average Bonchev–Trinajstić information content (AvgIpc) is 2.35. The highest BCUT2D eigenvalue weighted by molar-refractivity contribution is 5.73. The van der Waals surface area contributed by atoms with Gasteiger partial charge in [0, 0.05) is 6.54 Å². The Morgan fingerprint density at radius 1 is 1.45 bits per heavy atom. The van der Waals surface area contributed by atoms with Gasteiger partial charge in [0.1, 0.15) is 17.5 Å². The van der Waals surface area contributed by atoms with E-state index in [1.165, 1.54) is 0 Å². The summed E-state index contributed by atoms with van der Waals surface area (Å²) in [7, 11) is 0. The lowest BCUT2D eigenvalue weighted by Gasteiger charge is -2.25. The molecule has 0 fully saturated rings. The van der Waals surface area contributed by atoms with E-state index in [1.54, 1.807) is 0 Å². The van der Waals surface area contributed by atoms with Gasteiger partial charge in [0.25, 0.3) is 0 Å². The Labute approximate surface area is 120 Å². The number of hydrogen-bond acceptors (Lipinski definition) is 4. The number of ether oxygens (including phenoxy) is 2. The Morgan fingerprint density at radius 3 is 2.85 bits per heavy atom. The lowest BCUT2D eigenvalue weighted by molar-refractivity contribution is -0.153. The molecule has 1 heterocycles. The maximum Gasteiger partial charge on any atom is 0.310 e. The Balaban J connectivity index is 2.03. The molecule has 0 bridgehead atoms. The second-order valence-corrected chi connectivity index (χ2v) is 6.22. The van der Waals surface area contributed by atoms with E-state index in [0.29, 0.717) is 13.0 Å². The van der Waals surface area contributed by atoms with Crippen LogP contribution >= 0.6 is 0 Å². The molecule has 0 spiro atoms. The molecule has 0 radical (unpaired) electrons. The summed E-state index contributed by atoms with van der Waals surface area (Å²) < 4.78 is 11.1. The van der Waals surface area contributed by atoms with Gasteiger partial charge >= 0.3 is 5.97 Å². The number of esters is 1. The molecule has 1 aliphatic rings. The Bertz CT molecular complexity index is 491. The summed E-state index contributed by atoms with van der Waals surface area (Å²) in [5.41, 5.74) is 7.30. The van der Waals surface area contributed by atoms with Gasteiger partial charge in [0.2, 0.25) is 0 Å². The molecule has 0 amide bonds. The van der Waals surface area contributed by atoms with Crippen molar-refractivity contribution in [3.63, 3.8) is 0 Å². The van der Waals surface area contributed by atoms with E-state index >= 15 is 0 Å². The number of benzene rings is 1. The molecule has 2 rings (SSSR count). The standard InChI is InChI=1S/C16H23NO3/c1-16(2,3)20-15(18)9-11-4-7-14-12(8-11)5-6-13(10-17)19-14/h4,7-8,13H,5-6,9-10,17H2,1-3H3/t13-/m1/s1. The number of fused-ring (bicyclic) bond motifs is 1. The van der Waals surface area contributed by atoms with Crippen molar-refractivity contribution in [1.82, 2.24) is 0 Å². The van der Waals surface area contributed by atoms with Crippen molar-refractivity contribution in [2.75, 3.05) is 6.54 Å². The topological polar surface area (TPSA) is 61.5 Å². The number of rotatable bonds is 3. The maximum atomic E-state index is 11.8. The smallest absolute Gasteiger partial charge is 0.310 e. The first-order chi connectivity index (χ1) is 9.37. The fourth-order valence-corrected chi connectivity index (χ4v) is 2.32. The normalized spacial score (nSPS) is 18.1. The number of nitrogens with two attached hydrogens (primary N) is 1. The minimum Gasteiger partial charge on any atom is -0.489 e. The number of aryl methyl sites for hydroxylation is 1. The van der Waals surface area contributed by atoms with Gasteiger partial charge in [0.15, 0.2) is 0 Å². The molecule has 1 atom stereocenters. The molecule has 110 valence electrons. The van der Waals surface area contributed by atoms with Gasteiger partial charge < -0.3 is 15.2 Å². The Kier molecular flexibility index (Phi) is 4.33. The summed E-state index contributed by atoms with van der Waals surface area (Å²) in [6, 6.07) is 5.88. The summed E-state index contributed by atoms with van der Waals surface area (Å²) in [6.07, 6.45) is 2.28. The van der Waals surface area contributed by atoms with Crippen LogP contribution in [0.1, 0.15) is 38.3 Å². The van der Waals surface area contributed by atoms with E-state index in [1.807, 2.05) is 39.0 Å². The van der Waals surface area contributed by atoms with Gasteiger partial charge in [-0.25, -0.2) is 0 Å². The zero-order valence-corrected chi connectivity index (χ0v) is 12.4. The SMILES string of the molecule is CC(C)(C)OC(=O)Cc1ccc2c(c1)CC[C@H](CN)O2. The summed E-state index contributed by atoms with van der Waals surface area (Å²) in [4.78, 5) is 11.8. The monoisotopic (exact) mass is 277 g/mol. The highest BCUT2D eigenvalue weighted by Gasteiger charge is 2.20. The fourth-order valence-electron chi connectivity index (χ4n) is 2.32.